The maximum absolute atomic E-state index is 12.8. The topological polar surface area (TPSA) is 84.9 Å². The van der Waals surface area contributed by atoms with Crippen molar-refractivity contribution < 1.29 is 23.9 Å². The van der Waals surface area contributed by atoms with Gasteiger partial charge in [0.1, 0.15) is 11.0 Å². The van der Waals surface area contributed by atoms with Crippen LogP contribution in [0, 0.1) is 0 Å². The number of nitrogens with zero attached hydrogens (tertiary/aromatic N) is 1. The largest absolute Gasteiger partial charge is 0.477 e. The maximum atomic E-state index is 12.8. The van der Waals surface area contributed by atoms with E-state index >= 15 is 0 Å². The average Bonchev–Trinajstić information content (AvgIpc) is 2.76. The van der Waals surface area contributed by atoms with Crippen LogP contribution in [0.15, 0.2) is 59.5 Å². The van der Waals surface area contributed by atoms with Gasteiger partial charge >= 0.3 is 5.97 Å². The van der Waals surface area contributed by atoms with Crippen molar-refractivity contribution in [3.05, 3.63) is 54.6 Å². The van der Waals surface area contributed by atoms with E-state index in [1.807, 2.05) is 30.3 Å². The Kier molecular flexibility index (Phi) is 6.77. The fraction of sp³-hybridized carbons (Fsp3) is 0.286. The molecule has 29 heavy (non-hydrogen) atoms. The quantitative estimate of drug-likeness (QED) is 0.577. The summed E-state index contributed by atoms with van der Waals surface area (Å²) in [7, 11) is 1.51. The Morgan fingerprint density at radius 1 is 1.17 bits per heavy atom. The van der Waals surface area contributed by atoms with Crippen molar-refractivity contribution in [3.8, 4) is 5.75 Å². The van der Waals surface area contributed by atoms with E-state index in [9.17, 15) is 14.4 Å². The standard InChI is InChI=1S/C21H22N2O5S/c1-14(29-15-8-4-3-5-9-15)21(26)27-13-19(24)23-12-18(20(25)22-2)28-17-11-7-6-10-16(17)23/h3-11,14,18H,12-13H2,1-2H3,(H,22,25)/t14-,18-/m1/s1. The number of likely N-dealkylation sites (N-methyl/N-ethyl adjacent to an activating group) is 1. The summed E-state index contributed by atoms with van der Waals surface area (Å²) in [5, 5.41) is 2.07. The number of benzene rings is 2. The molecule has 1 aliphatic rings. The number of carbonyl (C=O) groups excluding carboxylic acids is 3. The van der Waals surface area contributed by atoms with Crippen LogP contribution in [0.3, 0.4) is 0 Å². The third-order valence-corrected chi connectivity index (χ3v) is 5.43. The van der Waals surface area contributed by atoms with Crippen molar-refractivity contribution in [2.75, 3.05) is 25.1 Å². The first-order valence-electron chi connectivity index (χ1n) is 9.15. The number of nitrogens with one attached hydrogen (secondary N) is 1. The Bertz CT molecular complexity index is 890. The fourth-order valence-corrected chi connectivity index (χ4v) is 3.73. The SMILES string of the molecule is CNC(=O)[C@H]1CN(C(=O)COC(=O)[C@@H](C)Sc2ccccc2)c2ccccc2O1. The lowest BCUT2D eigenvalue weighted by Crippen LogP contribution is -2.51. The van der Waals surface area contributed by atoms with E-state index in [4.69, 9.17) is 9.47 Å². The number of hydrogen-bond acceptors (Lipinski definition) is 6. The number of carbonyl (C=O) groups is 3. The molecule has 2 atom stereocenters. The zero-order chi connectivity index (χ0) is 20.8. The van der Waals surface area contributed by atoms with E-state index in [2.05, 4.69) is 5.32 Å². The smallest absolute Gasteiger partial charge is 0.319 e. The lowest BCUT2D eigenvalue weighted by Gasteiger charge is -2.33. The van der Waals surface area contributed by atoms with Gasteiger partial charge in [0.05, 0.1) is 12.2 Å². The van der Waals surface area contributed by atoms with Crippen LogP contribution in [0.25, 0.3) is 0 Å². The van der Waals surface area contributed by atoms with Crippen LogP contribution >= 0.6 is 11.8 Å². The number of amides is 2. The molecule has 2 aromatic carbocycles. The van der Waals surface area contributed by atoms with Crippen LogP contribution in [0.1, 0.15) is 6.92 Å². The normalized spacial score (nSPS) is 16.2. The van der Waals surface area contributed by atoms with Crippen molar-refractivity contribution in [1.29, 1.82) is 0 Å². The van der Waals surface area contributed by atoms with Gasteiger partial charge < -0.3 is 19.7 Å². The summed E-state index contributed by atoms with van der Waals surface area (Å²) in [5.41, 5.74) is 0.542. The molecule has 2 aromatic rings. The van der Waals surface area contributed by atoms with Crippen LogP contribution in [0.2, 0.25) is 0 Å². The second-order valence-corrected chi connectivity index (χ2v) is 7.79. The number of fused-ring (bicyclic) bond motifs is 1. The first-order chi connectivity index (χ1) is 14.0. The number of esters is 1. The molecule has 152 valence electrons. The van der Waals surface area contributed by atoms with Gasteiger partial charge in [0, 0.05) is 11.9 Å². The number of hydrogen-bond donors (Lipinski definition) is 1. The van der Waals surface area contributed by atoms with Gasteiger partial charge in [0.2, 0.25) is 0 Å². The number of rotatable bonds is 6. The fourth-order valence-electron chi connectivity index (χ4n) is 2.85. The molecule has 0 fully saturated rings. The Morgan fingerprint density at radius 3 is 2.59 bits per heavy atom. The van der Waals surface area contributed by atoms with Gasteiger partial charge in [-0.3, -0.25) is 14.4 Å². The first kappa shape index (κ1) is 20.7. The number of thioether (sulfide) groups is 1. The lowest BCUT2D eigenvalue weighted by molar-refractivity contribution is -0.147. The van der Waals surface area contributed by atoms with Crippen molar-refractivity contribution >= 4 is 35.2 Å². The zero-order valence-corrected chi connectivity index (χ0v) is 17.0. The van der Waals surface area contributed by atoms with Crippen LogP contribution in [0.4, 0.5) is 5.69 Å². The second kappa shape index (κ2) is 9.47. The molecule has 3 rings (SSSR count). The zero-order valence-electron chi connectivity index (χ0n) is 16.2. The Morgan fingerprint density at radius 2 is 1.86 bits per heavy atom. The first-order valence-corrected chi connectivity index (χ1v) is 10.0. The molecule has 0 radical (unpaired) electrons. The molecule has 7 nitrogen and oxygen atoms in total. The third-order valence-electron chi connectivity index (χ3n) is 4.34. The molecule has 2 amide bonds. The molecular weight excluding hydrogens is 392 g/mol. The number of ether oxygens (including phenoxy) is 2. The van der Waals surface area contributed by atoms with E-state index < -0.39 is 29.8 Å². The summed E-state index contributed by atoms with van der Waals surface area (Å²) in [6.45, 7) is 1.37. The molecule has 0 saturated carbocycles. The summed E-state index contributed by atoms with van der Waals surface area (Å²) in [6.07, 6.45) is -0.831. The Labute approximate surface area is 173 Å². The summed E-state index contributed by atoms with van der Waals surface area (Å²) in [6, 6.07) is 16.4. The number of para-hydroxylation sites is 2. The van der Waals surface area contributed by atoms with Gasteiger partial charge in [-0.2, -0.15) is 0 Å². The van der Waals surface area contributed by atoms with Crippen molar-refractivity contribution in [3.63, 3.8) is 0 Å². The molecule has 0 bridgehead atoms. The molecule has 0 aliphatic carbocycles. The average molecular weight is 414 g/mol. The molecular formula is C21H22N2O5S. The van der Waals surface area contributed by atoms with Gasteiger partial charge in [-0.15, -0.1) is 11.8 Å². The highest BCUT2D eigenvalue weighted by molar-refractivity contribution is 8.00. The monoisotopic (exact) mass is 414 g/mol. The van der Waals surface area contributed by atoms with Gasteiger partial charge in [-0.1, -0.05) is 30.3 Å². The van der Waals surface area contributed by atoms with Crippen LogP contribution < -0.4 is 15.0 Å². The van der Waals surface area contributed by atoms with Crippen molar-refractivity contribution in [1.82, 2.24) is 5.32 Å². The summed E-state index contributed by atoms with van der Waals surface area (Å²) in [4.78, 5) is 39.4. The molecule has 8 heteroatoms. The highest BCUT2D eigenvalue weighted by Gasteiger charge is 2.33. The number of anilines is 1. The third kappa shape index (κ3) is 5.08. The molecule has 1 aliphatic heterocycles. The Balaban J connectivity index is 1.63. The van der Waals surface area contributed by atoms with Gasteiger partial charge in [0.25, 0.3) is 11.8 Å². The van der Waals surface area contributed by atoms with E-state index in [-0.39, 0.29) is 12.5 Å². The van der Waals surface area contributed by atoms with Gasteiger partial charge in [-0.05, 0) is 31.2 Å². The maximum Gasteiger partial charge on any atom is 0.319 e. The Hall–Kier alpha value is -3.00. The van der Waals surface area contributed by atoms with E-state index in [1.54, 1.807) is 31.2 Å². The minimum Gasteiger partial charge on any atom is -0.477 e. The molecule has 0 spiro atoms. The van der Waals surface area contributed by atoms with Crippen LogP contribution in [0.5, 0.6) is 5.75 Å². The summed E-state index contributed by atoms with van der Waals surface area (Å²) < 4.78 is 10.9. The van der Waals surface area contributed by atoms with E-state index in [1.165, 1.54) is 23.7 Å². The highest BCUT2D eigenvalue weighted by Crippen LogP contribution is 2.33. The molecule has 0 unspecified atom stereocenters. The summed E-state index contributed by atoms with van der Waals surface area (Å²) in [5.74, 6) is -0.793. The molecule has 1 heterocycles. The van der Waals surface area contributed by atoms with Crippen LogP contribution in [-0.4, -0.2) is 49.3 Å². The van der Waals surface area contributed by atoms with Crippen LogP contribution in [-0.2, 0) is 19.1 Å². The minimum absolute atomic E-state index is 0.0430. The van der Waals surface area contributed by atoms with Crippen molar-refractivity contribution in [2.45, 2.75) is 23.2 Å². The molecule has 1 N–H and O–H groups in total. The molecule has 0 saturated heterocycles. The van der Waals surface area contributed by atoms with Crippen molar-refractivity contribution in [2.24, 2.45) is 0 Å². The highest BCUT2D eigenvalue weighted by atomic mass is 32.2. The minimum atomic E-state index is -0.831. The second-order valence-electron chi connectivity index (χ2n) is 6.37. The van der Waals surface area contributed by atoms with E-state index in [0.717, 1.165) is 4.90 Å². The summed E-state index contributed by atoms with van der Waals surface area (Å²) >= 11 is 1.36. The molecule has 0 aromatic heterocycles. The lowest BCUT2D eigenvalue weighted by atomic mass is 10.1. The predicted molar refractivity (Wildman–Crippen MR) is 110 cm³/mol. The predicted octanol–water partition coefficient (Wildman–Crippen LogP) is 2.25. The van der Waals surface area contributed by atoms with E-state index in [0.29, 0.717) is 11.4 Å². The van der Waals surface area contributed by atoms with Gasteiger partial charge in [-0.25, -0.2) is 0 Å². The van der Waals surface area contributed by atoms with Gasteiger partial charge in [0.15, 0.2) is 12.7 Å².